The van der Waals surface area contributed by atoms with Crippen molar-refractivity contribution in [2.75, 3.05) is 19.7 Å². The minimum Gasteiger partial charge on any atom is -0.378 e. The third-order valence-electron chi connectivity index (χ3n) is 3.94. The van der Waals surface area contributed by atoms with E-state index in [-0.39, 0.29) is 6.10 Å². The maximum Gasteiger partial charge on any atom is 0.219 e. The van der Waals surface area contributed by atoms with Gasteiger partial charge in [0.15, 0.2) is 0 Å². The molecule has 0 amide bonds. The van der Waals surface area contributed by atoms with E-state index in [0.717, 1.165) is 32.3 Å². The Morgan fingerprint density at radius 2 is 1.57 bits per heavy atom. The largest absolute Gasteiger partial charge is 0.378 e. The zero-order valence-corrected chi connectivity index (χ0v) is 15.4. The highest BCUT2D eigenvalue weighted by Gasteiger charge is 2.37. The van der Waals surface area contributed by atoms with Gasteiger partial charge in [0.05, 0.1) is 10.9 Å². The molecule has 1 saturated heterocycles. The Balaban J connectivity index is 2.33. The number of hydrogen-bond acceptors (Lipinski definition) is 3. The van der Waals surface area contributed by atoms with Crippen LogP contribution in [0.25, 0.3) is 0 Å². The summed E-state index contributed by atoms with van der Waals surface area (Å²) in [5.74, 6) is 0. The lowest BCUT2D eigenvalue weighted by molar-refractivity contribution is 0.0163. The second-order valence-electron chi connectivity index (χ2n) is 8.25. The number of nitrogens with zero attached hydrogens (tertiary/aromatic N) is 1. The SMILES string of the molecule is CC(C)(C)CCCOC1CCN(S(=O)(=O)C(C)(C)C)CC1. The van der Waals surface area contributed by atoms with Crippen LogP contribution in [-0.2, 0) is 14.8 Å². The molecule has 1 fully saturated rings. The van der Waals surface area contributed by atoms with Crippen molar-refractivity contribution in [1.29, 1.82) is 0 Å². The van der Waals surface area contributed by atoms with Gasteiger partial charge >= 0.3 is 0 Å². The van der Waals surface area contributed by atoms with Gasteiger partial charge in [-0.1, -0.05) is 20.8 Å². The van der Waals surface area contributed by atoms with E-state index in [2.05, 4.69) is 20.8 Å². The van der Waals surface area contributed by atoms with Crippen LogP contribution in [0.1, 0.15) is 67.2 Å². The molecule has 0 spiro atoms. The molecule has 0 radical (unpaired) electrons. The highest BCUT2D eigenvalue weighted by atomic mass is 32.2. The number of piperidine rings is 1. The van der Waals surface area contributed by atoms with Crippen molar-refractivity contribution in [2.24, 2.45) is 5.41 Å². The number of ether oxygens (including phenoxy) is 1. The van der Waals surface area contributed by atoms with Crippen LogP contribution >= 0.6 is 0 Å². The summed E-state index contributed by atoms with van der Waals surface area (Å²) < 4.78 is 31.6. The first-order valence-electron chi connectivity index (χ1n) is 8.05. The number of sulfonamides is 1. The van der Waals surface area contributed by atoms with Crippen LogP contribution in [0, 0.1) is 5.41 Å². The highest BCUT2D eigenvalue weighted by Crippen LogP contribution is 2.25. The second kappa shape index (κ2) is 6.97. The summed E-state index contributed by atoms with van der Waals surface area (Å²) in [4.78, 5) is 0. The predicted molar refractivity (Wildman–Crippen MR) is 87.9 cm³/mol. The quantitative estimate of drug-likeness (QED) is 0.729. The first-order chi connectivity index (χ1) is 9.43. The first kappa shape index (κ1) is 18.9. The lowest BCUT2D eigenvalue weighted by atomic mass is 9.91. The molecule has 5 heteroatoms. The molecule has 1 aliphatic rings. The maximum atomic E-state index is 12.4. The molecule has 1 heterocycles. The Morgan fingerprint density at radius 1 is 1.05 bits per heavy atom. The average molecular weight is 320 g/mol. The average Bonchev–Trinajstić information content (AvgIpc) is 2.33. The molecule has 0 aromatic rings. The zero-order chi connectivity index (χ0) is 16.3. The van der Waals surface area contributed by atoms with E-state index in [1.165, 1.54) is 0 Å². The Hall–Kier alpha value is -0.130. The van der Waals surface area contributed by atoms with E-state index >= 15 is 0 Å². The first-order valence-corrected chi connectivity index (χ1v) is 9.49. The van der Waals surface area contributed by atoms with Gasteiger partial charge in [0.1, 0.15) is 0 Å². The monoisotopic (exact) mass is 319 g/mol. The molecule has 21 heavy (non-hydrogen) atoms. The fourth-order valence-electron chi connectivity index (χ4n) is 2.48. The van der Waals surface area contributed by atoms with Gasteiger partial charge in [-0.05, 0) is 51.9 Å². The number of rotatable bonds is 5. The fourth-order valence-corrected chi connectivity index (χ4v) is 3.95. The molecule has 4 nitrogen and oxygen atoms in total. The molecule has 0 aliphatic carbocycles. The van der Waals surface area contributed by atoms with Crippen LogP contribution in [0.15, 0.2) is 0 Å². The zero-order valence-electron chi connectivity index (χ0n) is 14.6. The number of hydrogen-bond donors (Lipinski definition) is 0. The van der Waals surface area contributed by atoms with Crippen molar-refractivity contribution in [3.63, 3.8) is 0 Å². The van der Waals surface area contributed by atoms with Gasteiger partial charge in [-0.15, -0.1) is 0 Å². The summed E-state index contributed by atoms with van der Waals surface area (Å²) >= 11 is 0. The van der Waals surface area contributed by atoms with Crippen LogP contribution in [-0.4, -0.2) is 43.3 Å². The summed E-state index contributed by atoms with van der Waals surface area (Å²) in [7, 11) is -3.19. The molecule has 0 bridgehead atoms. The smallest absolute Gasteiger partial charge is 0.219 e. The third kappa shape index (κ3) is 5.87. The molecule has 0 aromatic heterocycles. The van der Waals surface area contributed by atoms with E-state index in [0.29, 0.717) is 18.5 Å². The van der Waals surface area contributed by atoms with Gasteiger partial charge in [-0.3, -0.25) is 0 Å². The molecule has 126 valence electrons. The fraction of sp³-hybridized carbons (Fsp3) is 1.00. The lowest BCUT2D eigenvalue weighted by Gasteiger charge is -2.35. The second-order valence-corrected chi connectivity index (χ2v) is 10.9. The van der Waals surface area contributed by atoms with Gasteiger partial charge < -0.3 is 4.74 Å². The van der Waals surface area contributed by atoms with Crippen molar-refractivity contribution >= 4 is 10.0 Å². The standard InChI is InChI=1S/C16H33NO3S/c1-15(2,3)10-7-13-20-14-8-11-17(12-9-14)21(18,19)16(4,5)6/h14H,7-13H2,1-6H3. The Bertz CT molecular complexity index is 410. The normalized spacial score (nSPS) is 19.9. The van der Waals surface area contributed by atoms with Gasteiger partial charge in [-0.25, -0.2) is 12.7 Å². The van der Waals surface area contributed by atoms with Crippen molar-refractivity contribution in [1.82, 2.24) is 4.31 Å². The van der Waals surface area contributed by atoms with Gasteiger partial charge in [0.25, 0.3) is 0 Å². The molecule has 0 unspecified atom stereocenters. The van der Waals surface area contributed by atoms with Gasteiger partial charge in [0.2, 0.25) is 10.0 Å². The van der Waals surface area contributed by atoms with Crippen molar-refractivity contribution in [3.8, 4) is 0 Å². The van der Waals surface area contributed by atoms with E-state index in [9.17, 15) is 8.42 Å². The molecule has 0 N–H and O–H groups in total. The minimum absolute atomic E-state index is 0.219. The highest BCUT2D eigenvalue weighted by molar-refractivity contribution is 7.90. The summed E-state index contributed by atoms with van der Waals surface area (Å²) in [6.45, 7) is 14.0. The van der Waals surface area contributed by atoms with Crippen LogP contribution in [0.4, 0.5) is 0 Å². The van der Waals surface area contributed by atoms with Crippen LogP contribution in [0.3, 0.4) is 0 Å². The molecule has 1 rings (SSSR count). The topological polar surface area (TPSA) is 46.6 Å². The van der Waals surface area contributed by atoms with Crippen LogP contribution in [0.2, 0.25) is 0 Å². The van der Waals surface area contributed by atoms with Crippen molar-refractivity contribution in [2.45, 2.75) is 78.1 Å². The Kier molecular flexibility index (Phi) is 6.28. The van der Waals surface area contributed by atoms with Crippen LogP contribution in [0.5, 0.6) is 0 Å². The summed E-state index contributed by atoms with van der Waals surface area (Å²) in [5, 5.41) is 0. The molecular formula is C16H33NO3S. The molecule has 0 atom stereocenters. The van der Waals surface area contributed by atoms with E-state index in [1.807, 2.05) is 0 Å². The Morgan fingerprint density at radius 3 is 2.00 bits per heavy atom. The van der Waals surface area contributed by atoms with Crippen LogP contribution < -0.4 is 0 Å². The summed E-state index contributed by atoms with van der Waals surface area (Å²) in [6, 6.07) is 0. The maximum absolute atomic E-state index is 12.4. The lowest BCUT2D eigenvalue weighted by Crippen LogP contribution is -2.47. The van der Waals surface area contributed by atoms with Crippen molar-refractivity contribution < 1.29 is 13.2 Å². The summed E-state index contributed by atoms with van der Waals surface area (Å²) in [5.41, 5.74) is 0.355. The van der Waals surface area contributed by atoms with Crippen molar-refractivity contribution in [3.05, 3.63) is 0 Å². The predicted octanol–water partition coefficient (Wildman–Crippen LogP) is 3.42. The van der Waals surface area contributed by atoms with E-state index in [1.54, 1.807) is 25.1 Å². The molecule has 1 aliphatic heterocycles. The van der Waals surface area contributed by atoms with Gasteiger partial charge in [0, 0.05) is 19.7 Å². The molecular weight excluding hydrogens is 286 g/mol. The van der Waals surface area contributed by atoms with E-state index < -0.39 is 14.8 Å². The third-order valence-corrected chi connectivity index (χ3v) is 6.53. The summed E-state index contributed by atoms with van der Waals surface area (Å²) in [6.07, 6.45) is 4.07. The minimum atomic E-state index is -3.19. The molecule has 0 saturated carbocycles. The van der Waals surface area contributed by atoms with Gasteiger partial charge in [-0.2, -0.15) is 0 Å². The Labute approximate surface area is 131 Å². The molecule has 0 aromatic carbocycles. The van der Waals surface area contributed by atoms with E-state index in [4.69, 9.17) is 4.74 Å².